The van der Waals surface area contributed by atoms with Gasteiger partial charge in [0.05, 0.1) is 23.4 Å². The highest BCUT2D eigenvalue weighted by Gasteiger charge is 2.27. The highest BCUT2D eigenvalue weighted by Crippen LogP contribution is 2.34. The second-order valence-electron chi connectivity index (χ2n) is 5.61. The SMILES string of the molecule is COC(=O)c1cc(NC(=O)CN2C(=O)COc3ccc(Cl)cc32)ccc1Cl. The van der Waals surface area contributed by atoms with Crippen LogP contribution in [0.5, 0.6) is 5.75 Å². The molecule has 0 saturated heterocycles. The molecule has 2 aromatic rings. The van der Waals surface area contributed by atoms with Crippen LogP contribution in [-0.2, 0) is 14.3 Å². The zero-order valence-corrected chi connectivity index (χ0v) is 15.6. The number of ether oxygens (including phenoxy) is 2. The van der Waals surface area contributed by atoms with E-state index in [4.69, 9.17) is 27.9 Å². The van der Waals surface area contributed by atoms with E-state index in [1.165, 1.54) is 24.1 Å². The van der Waals surface area contributed by atoms with Crippen LogP contribution in [0.1, 0.15) is 10.4 Å². The number of amides is 2. The summed E-state index contributed by atoms with van der Waals surface area (Å²) in [6.45, 7) is -0.416. The summed E-state index contributed by atoms with van der Waals surface area (Å²) < 4.78 is 9.99. The maximum absolute atomic E-state index is 12.4. The molecule has 0 spiro atoms. The van der Waals surface area contributed by atoms with Crippen LogP contribution < -0.4 is 15.0 Å². The number of carbonyl (C=O) groups excluding carboxylic acids is 3. The monoisotopic (exact) mass is 408 g/mol. The van der Waals surface area contributed by atoms with Crippen LogP contribution in [0.2, 0.25) is 10.0 Å². The summed E-state index contributed by atoms with van der Waals surface area (Å²) in [5.74, 6) is -0.991. The Bertz CT molecular complexity index is 932. The number of anilines is 2. The van der Waals surface area contributed by atoms with E-state index in [0.717, 1.165) is 0 Å². The Kier molecular flexibility index (Phi) is 5.53. The third-order valence-electron chi connectivity index (χ3n) is 3.82. The average molecular weight is 409 g/mol. The molecular formula is C18H14Cl2N2O5. The van der Waals surface area contributed by atoms with Gasteiger partial charge >= 0.3 is 5.97 Å². The van der Waals surface area contributed by atoms with Gasteiger partial charge in [0.25, 0.3) is 5.91 Å². The topological polar surface area (TPSA) is 84.9 Å². The van der Waals surface area contributed by atoms with E-state index >= 15 is 0 Å². The molecule has 1 heterocycles. The minimum atomic E-state index is -0.622. The zero-order valence-electron chi connectivity index (χ0n) is 14.1. The molecule has 1 N–H and O–H groups in total. The van der Waals surface area contributed by atoms with Gasteiger partial charge in [0, 0.05) is 10.7 Å². The molecule has 140 valence electrons. The van der Waals surface area contributed by atoms with Gasteiger partial charge in [-0.1, -0.05) is 23.2 Å². The Balaban J connectivity index is 1.78. The lowest BCUT2D eigenvalue weighted by atomic mass is 10.2. The predicted molar refractivity (Wildman–Crippen MR) is 101 cm³/mol. The average Bonchev–Trinajstić information content (AvgIpc) is 2.65. The number of hydrogen-bond donors (Lipinski definition) is 1. The Labute approximate surface area is 164 Å². The van der Waals surface area contributed by atoms with Crippen LogP contribution in [-0.4, -0.2) is 38.0 Å². The van der Waals surface area contributed by atoms with Crippen molar-refractivity contribution in [2.45, 2.75) is 0 Å². The van der Waals surface area contributed by atoms with E-state index in [0.29, 0.717) is 22.1 Å². The molecule has 0 bridgehead atoms. The van der Waals surface area contributed by atoms with E-state index in [1.807, 2.05) is 0 Å². The highest BCUT2D eigenvalue weighted by molar-refractivity contribution is 6.33. The summed E-state index contributed by atoms with van der Waals surface area (Å²) >= 11 is 11.9. The van der Waals surface area contributed by atoms with Gasteiger partial charge < -0.3 is 14.8 Å². The van der Waals surface area contributed by atoms with Gasteiger partial charge in [-0.2, -0.15) is 0 Å². The van der Waals surface area contributed by atoms with Gasteiger partial charge in [0.2, 0.25) is 5.91 Å². The van der Waals surface area contributed by atoms with E-state index < -0.39 is 11.9 Å². The van der Waals surface area contributed by atoms with Crippen molar-refractivity contribution >= 4 is 52.4 Å². The molecule has 7 nitrogen and oxygen atoms in total. The molecule has 2 aromatic carbocycles. The number of benzene rings is 2. The van der Waals surface area contributed by atoms with Crippen LogP contribution in [0.15, 0.2) is 36.4 Å². The van der Waals surface area contributed by atoms with Crippen molar-refractivity contribution in [3.63, 3.8) is 0 Å². The van der Waals surface area contributed by atoms with Crippen molar-refractivity contribution < 1.29 is 23.9 Å². The van der Waals surface area contributed by atoms with Crippen LogP contribution >= 0.6 is 23.2 Å². The van der Waals surface area contributed by atoms with E-state index in [2.05, 4.69) is 10.1 Å². The first-order valence-electron chi connectivity index (χ1n) is 7.79. The third kappa shape index (κ3) is 4.15. The van der Waals surface area contributed by atoms with Crippen LogP contribution in [0.3, 0.4) is 0 Å². The Morgan fingerprint density at radius 3 is 2.74 bits per heavy atom. The van der Waals surface area contributed by atoms with Crippen molar-refractivity contribution in [2.24, 2.45) is 0 Å². The van der Waals surface area contributed by atoms with Gasteiger partial charge in [-0.15, -0.1) is 0 Å². The number of fused-ring (bicyclic) bond motifs is 1. The van der Waals surface area contributed by atoms with E-state index in [-0.39, 0.29) is 29.6 Å². The standard InChI is InChI=1S/C18H14Cl2N2O5/c1-26-18(25)12-7-11(3-4-13(12)20)21-16(23)8-22-14-6-10(19)2-5-15(14)27-9-17(22)24/h2-7H,8-9H2,1H3,(H,21,23). The molecule has 1 aliphatic rings. The van der Waals surface area contributed by atoms with Gasteiger partial charge in [-0.05, 0) is 36.4 Å². The number of nitrogens with one attached hydrogen (secondary N) is 1. The van der Waals surface area contributed by atoms with Gasteiger partial charge in [-0.3, -0.25) is 14.5 Å². The molecule has 0 atom stereocenters. The maximum Gasteiger partial charge on any atom is 0.339 e. The zero-order chi connectivity index (χ0) is 19.6. The van der Waals surface area contributed by atoms with E-state index in [1.54, 1.807) is 24.3 Å². The molecule has 0 aromatic heterocycles. The number of nitrogens with zero attached hydrogens (tertiary/aromatic N) is 1. The summed E-state index contributed by atoms with van der Waals surface area (Å²) in [7, 11) is 1.23. The quantitative estimate of drug-likeness (QED) is 0.785. The number of methoxy groups -OCH3 is 1. The second kappa shape index (κ2) is 7.85. The first-order chi connectivity index (χ1) is 12.9. The van der Waals surface area contributed by atoms with Crippen LogP contribution in [0, 0.1) is 0 Å². The molecule has 0 saturated carbocycles. The maximum atomic E-state index is 12.4. The van der Waals surface area contributed by atoms with Gasteiger partial charge in [0.15, 0.2) is 6.61 Å². The van der Waals surface area contributed by atoms with Crippen molar-refractivity contribution in [3.8, 4) is 5.75 Å². The Hall–Kier alpha value is -2.77. The lowest BCUT2D eigenvalue weighted by Gasteiger charge is -2.29. The fraction of sp³-hybridized carbons (Fsp3) is 0.167. The van der Waals surface area contributed by atoms with Gasteiger partial charge in [0.1, 0.15) is 12.3 Å². The molecule has 2 amide bonds. The largest absolute Gasteiger partial charge is 0.482 e. The molecule has 9 heteroatoms. The molecule has 0 unspecified atom stereocenters. The summed E-state index contributed by atoms with van der Waals surface area (Å²) in [5, 5.41) is 3.24. The normalized spacial score (nSPS) is 12.9. The van der Waals surface area contributed by atoms with Crippen molar-refractivity contribution in [3.05, 3.63) is 52.0 Å². The second-order valence-corrected chi connectivity index (χ2v) is 6.46. The van der Waals surface area contributed by atoms with Crippen LogP contribution in [0.25, 0.3) is 0 Å². The molecule has 1 aliphatic heterocycles. The lowest BCUT2D eigenvalue weighted by Crippen LogP contribution is -2.43. The Morgan fingerprint density at radius 2 is 2.00 bits per heavy atom. The predicted octanol–water partition coefficient (Wildman–Crippen LogP) is 3.14. The highest BCUT2D eigenvalue weighted by atomic mass is 35.5. The fourth-order valence-corrected chi connectivity index (χ4v) is 2.92. The summed E-state index contributed by atoms with van der Waals surface area (Å²) in [5.41, 5.74) is 0.883. The summed E-state index contributed by atoms with van der Waals surface area (Å²) in [4.78, 5) is 37.6. The minimum Gasteiger partial charge on any atom is -0.482 e. The molecule has 0 aliphatic carbocycles. The molecule has 27 heavy (non-hydrogen) atoms. The van der Waals surface area contributed by atoms with Crippen molar-refractivity contribution in [1.82, 2.24) is 0 Å². The molecular weight excluding hydrogens is 395 g/mol. The molecule has 3 rings (SSSR count). The summed E-state index contributed by atoms with van der Waals surface area (Å²) in [6.07, 6.45) is 0. The number of halogens is 2. The number of hydrogen-bond acceptors (Lipinski definition) is 5. The number of esters is 1. The fourth-order valence-electron chi connectivity index (χ4n) is 2.56. The van der Waals surface area contributed by atoms with E-state index in [9.17, 15) is 14.4 Å². The Morgan fingerprint density at radius 1 is 1.22 bits per heavy atom. The first-order valence-corrected chi connectivity index (χ1v) is 8.55. The molecule has 0 fully saturated rings. The smallest absolute Gasteiger partial charge is 0.339 e. The molecule has 0 radical (unpaired) electrons. The lowest BCUT2D eigenvalue weighted by molar-refractivity contribution is -0.123. The number of rotatable bonds is 4. The number of carbonyl (C=O) groups is 3. The first kappa shape index (κ1) is 19.0. The van der Waals surface area contributed by atoms with Crippen molar-refractivity contribution in [1.29, 1.82) is 0 Å². The third-order valence-corrected chi connectivity index (χ3v) is 4.39. The summed E-state index contributed by atoms with van der Waals surface area (Å²) in [6, 6.07) is 9.24. The van der Waals surface area contributed by atoms with Gasteiger partial charge in [-0.25, -0.2) is 4.79 Å². The van der Waals surface area contributed by atoms with Crippen LogP contribution in [0.4, 0.5) is 11.4 Å². The minimum absolute atomic E-state index is 0.122. The van der Waals surface area contributed by atoms with Crippen molar-refractivity contribution in [2.75, 3.05) is 30.5 Å².